The van der Waals surface area contributed by atoms with Crippen LogP contribution in [0.4, 0.5) is 0 Å². The molecule has 0 amide bonds. The summed E-state index contributed by atoms with van der Waals surface area (Å²) in [5.41, 5.74) is 0. The third-order valence-corrected chi connectivity index (χ3v) is 7.87. The quantitative estimate of drug-likeness (QED) is 0.787. The molecule has 0 spiro atoms. The van der Waals surface area contributed by atoms with Gasteiger partial charge in [0.05, 0.1) is 11.5 Å². The van der Waals surface area contributed by atoms with E-state index in [1.165, 1.54) is 16.4 Å². The van der Waals surface area contributed by atoms with E-state index in [4.69, 9.17) is 5.26 Å². The summed E-state index contributed by atoms with van der Waals surface area (Å²) in [4.78, 5) is 0.320. The highest BCUT2D eigenvalue weighted by atomic mass is 32.2. The Morgan fingerprint density at radius 1 is 1.26 bits per heavy atom. The van der Waals surface area contributed by atoms with E-state index in [1.807, 2.05) is 6.07 Å². The largest absolute Gasteiger partial charge is 0.252 e. The molecule has 0 unspecified atom stereocenters. The predicted molar refractivity (Wildman–Crippen MR) is 71.1 cm³/mol. The smallest absolute Gasteiger partial charge is 0.229 e. The summed E-state index contributed by atoms with van der Waals surface area (Å²) in [6, 6.07) is 4.72. The van der Waals surface area contributed by atoms with Crippen LogP contribution < -0.4 is 0 Å². The maximum atomic E-state index is 12.3. The number of rotatable bonds is 2. The average molecular weight is 320 g/mol. The first-order valence-electron chi connectivity index (χ1n) is 5.56. The zero-order chi connectivity index (χ0) is 14.1. The molecular weight excluding hydrogens is 308 g/mol. The molecule has 0 N–H and O–H groups in total. The van der Waals surface area contributed by atoms with Crippen molar-refractivity contribution in [3.8, 4) is 6.07 Å². The molecule has 1 aliphatic heterocycles. The van der Waals surface area contributed by atoms with Gasteiger partial charge in [-0.05, 0) is 18.6 Å². The van der Waals surface area contributed by atoms with Crippen molar-refractivity contribution in [1.82, 2.24) is 4.31 Å². The van der Waals surface area contributed by atoms with E-state index in [2.05, 4.69) is 0 Å². The second-order valence-electron chi connectivity index (χ2n) is 4.14. The number of nitrogens with zero attached hydrogens (tertiary/aromatic N) is 2. The van der Waals surface area contributed by atoms with Gasteiger partial charge in [0.1, 0.15) is 15.2 Å². The first-order valence-corrected chi connectivity index (χ1v) is 9.63. The van der Waals surface area contributed by atoms with Gasteiger partial charge in [0.2, 0.25) is 0 Å². The summed E-state index contributed by atoms with van der Waals surface area (Å²) in [6.45, 7) is 0.172. The Morgan fingerprint density at radius 2 is 2.00 bits per heavy atom. The fourth-order valence-corrected chi connectivity index (χ4v) is 5.93. The van der Waals surface area contributed by atoms with Crippen LogP contribution in [0.15, 0.2) is 16.3 Å². The molecule has 6 nitrogen and oxygen atoms in total. The molecule has 1 aliphatic rings. The Labute approximate surface area is 116 Å². The predicted octanol–water partition coefficient (Wildman–Crippen LogP) is 0.429. The van der Waals surface area contributed by atoms with Gasteiger partial charge in [0, 0.05) is 13.1 Å². The van der Waals surface area contributed by atoms with Gasteiger partial charge in [-0.1, -0.05) is 0 Å². The molecule has 1 aromatic heterocycles. The van der Waals surface area contributed by atoms with Crippen molar-refractivity contribution >= 4 is 31.2 Å². The highest BCUT2D eigenvalue weighted by Crippen LogP contribution is 2.25. The number of sulfonamides is 1. The first kappa shape index (κ1) is 14.5. The van der Waals surface area contributed by atoms with Crippen LogP contribution in [0.2, 0.25) is 0 Å². The normalized spacial score (nSPS) is 20.6. The minimum Gasteiger partial charge on any atom is -0.229 e. The van der Waals surface area contributed by atoms with Crippen molar-refractivity contribution in [2.75, 3.05) is 24.6 Å². The van der Waals surface area contributed by atoms with E-state index in [9.17, 15) is 16.8 Å². The highest BCUT2D eigenvalue weighted by molar-refractivity contribution is 7.92. The molecule has 2 rings (SSSR count). The molecule has 1 fully saturated rings. The Balaban J connectivity index is 2.27. The van der Waals surface area contributed by atoms with Crippen LogP contribution in [0, 0.1) is 11.3 Å². The minimum atomic E-state index is -3.69. The lowest BCUT2D eigenvalue weighted by molar-refractivity contribution is 0.436. The summed E-state index contributed by atoms with van der Waals surface area (Å²) in [5, 5.41) is 8.71. The number of nitriles is 1. The van der Waals surface area contributed by atoms with Crippen molar-refractivity contribution < 1.29 is 16.8 Å². The Bertz CT molecular complexity index is 712. The Kier molecular flexibility index (Phi) is 3.96. The summed E-state index contributed by atoms with van der Waals surface area (Å²) in [7, 11) is -6.84. The minimum absolute atomic E-state index is 0.0207. The second kappa shape index (κ2) is 5.20. The molecule has 1 saturated heterocycles. The van der Waals surface area contributed by atoms with Crippen LogP contribution >= 0.6 is 11.3 Å². The molecule has 0 aliphatic carbocycles. The van der Waals surface area contributed by atoms with Gasteiger partial charge >= 0.3 is 0 Å². The fourth-order valence-electron chi connectivity index (χ4n) is 1.80. The summed E-state index contributed by atoms with van der Waals surface area (Å²) in [6.07, 6.45) is 0.304. The summed E-state index contributed by atoms with van der Waals surface area (Å²) in [5.74, 6) is -0.129. The topological polar surface area (TPSA) is 95.3 Å². The Morgan fingerprint density at radius 3 is 2.63 bits per heavy atom. The second-order valence-corrected chi connectivity index (χ2v) is 9.69. The average Bonchev–Trinajstić information content (AvgIpc) is 2.75. The van der Waals surface area contributed by atoms with E-state index in [0.29, 0.717) is 11.3 Å². The standard InChI is InChI=1S/C10H12N2O4S3/c11-8-9-2-3-10(17-9)19(15,16)12-4-1-6-18(13,14)7-5-12/h2-3H,1,4-7H2. The van der Waals surface area contributed by atoms with Gasteiger partial charge in [0.15, 0.2) is 9.84 Å². The van der Waals surface area contributed by atoms with E-state index in [-0.39, 0.29) is 28.8 Å². The maximum Gasteiger partial charge on any atom is 0.252 e. The maximum absolute atomic E-state index is 12.3. The third kappa shape index (κ3) is 3.14. The lowest BCUT2D eigenvalue weighted by Crippen LogP contribution is -2.33. The number of sulfone groups is 1. The van der Waals surface area contributed by atoms with E-state index >= 15 is 0 Å². The van der Waals surface area contributed by atoms with Gasteiger partial charge in [-0.15, -0.1) is 11.3 Å². The molecule has 1 aromatic rings. The molecule has 19 heavy (non-hydrogen) atoms. The molecule has 0 radical (unpaired) electrons. The number of hydrogen-bond acceptors (Lipinski definition) is 6. The molecule has 0 bridgehead atoms. The zero-order valence-electron chi connectivity index (χ0n) is 9.94. The third-order valence-electron chi connectivity index (χ3n) is 2.80. The molecule has 104 valence electrons. The summed E-state index contributed by atoms with van der Waals surface area (Å²) < 4.78 is 48.8. The van der Waals surface area contributed by atoms with Crippen LogP contribution in [-0.2, 0) is 19.9 Å². The van der Waals surface area contributed by atoms with Crippen molar-refractivity contribution in [2.24, 2.45) is 0 Å². The van der Waals surface area contributed by atoms with Crippen LogP contribution in [0.1, 0.15) is 11.3 Å². The van der Waals surface area contributed by atoms with E-state index in [1.54, 1.807) is 0 Å². The fraction of sp³-hybridized carbons (Fsp3) is 0.500. The van der Waals surface area contributed by atoms with E-state index in [0.717, 1.165) is 11.3 Å². The molecule has 2 heterocycles. The van der Waals surface area contributed by atoms with Crippen LogP contribution in [0.3, 0.4) is 0 Å². The molecule has 0 saturated carbocycles. The molecule has 0 atom stereocenters. The van der Waals surface area contributed by atoms with Gasteiger partial charge < -0.3 is 0 Å². The van der Waals surface area contributed by atoms with Gasteiger partial charge in [0.25, 0.3) is 10.0 Å². The van der Waals surface area contributed by atoms with Gasteiger partial charge in [-0.25, -0.2) is 16.8 Å². The van der Waals surface area contributed by atoms with Crippen molar-refractivity contribution in [3.63, 3.8) is 0 Å². The van der Waals surface area contributed by atoms with Crippen LogP contribution in [-0.4, -0.2) is 45.7 Å². The SMILES string of the molecule is N#Cc1ccc(S(=O)(=O)N2CCCS(=O)(=O)CC2)s1. The highest BCUT2D eigenvalue weighted by Gasteiger charge is 2.30. The monoisotopic (exact) mass is 320 g/mol. The number of thiophene rings is 1. The van der Waals surface area contributed by atoms with Gasteiger partial charge in [-0.2, -0.15) is 9.57 Å². The molecule has 9 heteroatoms. The lowest BCUT2D eigenvalue weighted by Gasteiger charge is -2.17. The van der Waals surface area contributed by atoms with Crippen molar-refractivity contribution in [1.29, 1.82) is 5.26 Å². The first-order chi connectivity index (χ1) is 8.85. The van der Waals surface area contributed by atoms with Crippen molar-refractivity contribution in [2.45, 2.75) is 10.6 Å². The lowest BCUT2D eigenvalue weighted by atomic mass is 10.5. The molecular formula is C10H12N2O4S3. The van der Waals surface area contributed by atoms with Gasteiger partial charge in [-0.3, -0.25) is 0 Å². The summed E-state index contributed by atoms with van der Waals surface area (Å²) >= 11 is 0.900. The van der Waals surface area contributed by atoms with E-state index < -0.39 is 19.9 Å². The Hall–Kier alpha value is -0.950. The van der Waals surface area contributed by atoms with Crippen LogP contribution in [0.25, 0.3) is 0 Å². The zero-order valence-corrected chi connectivity index (χ0v) is 12.4. The number of hydrogen-bond donors (Lipinski definition) is 0. The van der Waals surface area contributed by atoms with Crippen LogP contribution in [0.5, 0.6) is 0 Å². The van der Waals surface area contributed by atoms with Crippen molar-refractivity contribution in [3.05, 3.63) is 17.0 Å². The molecule has 0 aromatic carbocycles.